The Hall–Kier alpha value is -1.55. The third kappa shape index (κ3) is 25.1. The number of rotatable bonds is 3. The molecule has 0 aromatic carbocycles. The third-order valence-electron chi connectivity index (χ3n) is 0.679. The second kappa shape index (κ2) is 16.8. The topological polar surface area (TPSA) is 67.0 Å². The van der Waals surface area contributed by atoms with E-state index >= 15 is 0 Å². The van der Waals surface area contributed by atoms with Gasteiger partial charge in [0, 0.05) is 6.08 Å². The lowest BCUT2D eigenvalue weighted by Gasteiger charge is -1.83. The molecule has 0 aromatic heterocycles. The second-order valence-electron chi connectivity index (χ2n) is 1.50. The van der Waals surface area contributed by atoms with Gasteiger partial charge < -0.3 is 14.9 Å². The predicted molar refractivity (Wildman–Crippen MR) is 51.9 cm³/mol. The number of esters is 1. The highest BCUT2D eigenvalue weighted by Gasteiger charge is 1.81. The van der Waals surface area contributed by atoms with Gasteiger partial charge in [0.2, 0.25) is 0 Å². The van der Waals surface area contributed by atoms with Crippen molar-refractivity contribution >= 4 is 5.97 Å². The maximum Gasteiger partial charge on any atom is 0.329 e. The van der Waals surface area contributed by atoms with Crippen LogP contribution < -0.4 is 0 Å². The molecule has 76 valence electrons. The van der Waals surface area contributed by atoms with Crippen molar-refractivity contribution in [2.75, 3.05) is 7.11 Å². The van der Waals surface area contributed by atoms with Crippen LogP contribution in [0.4, 0.5) is 0 Å². The molecule has 0 spiro atoms. The molecule has 13 heavy (non-hydrogen) atoms. The van der Waals surface area contributed by atoms with Crippen LogP contribution in [0.2, 0.25) is 0 Å². The molecule has 0 atom stereocenters. The predicted octanol–water partition coefficient (Wildman–Crippen LogP) is 1.20. The van der Waals surface area contributed by atoms with Gasteiger partial charge in [0.25, 0.3) is 0 Å². The molecule has 0 aliphatic rings. The third-order valence-corrected chi connectivity index (χ3v) is 0.679. The van der Waals surface area contributed by atoms with Gasteiger partial charge in [-0.2, -0.15) is 0 Å². The zero-order valence-corrected chi connectivity index (χ0v) is 7.95. The summed E-state index contributed by atoms with van der Waals surface area (Å²) < 4.78 is 8.71. The standard InChI is InChI=1S/C5H8O.C4H6O2.H2O/c1-3-5-6-4-2;1-3-4(5)6-2;/h3-5H,2H2,1H3;3H,1H2,2H3;1H2. The SMILES string of the molecule is C=CC(=O)OC.C=COC=CC.O. The Morgan fingerprint density at radius 1 is 1.38 bits per heavy atom. The first-order chi connectivity index (χ1) is 5.72. The second-order valence-corrected chi connectivity index (χ2v) is 1.50. The van der Waals surface area contributed by atoms with E-state index in [0.29, 0.717) is 0 Å². The van der Waals surface area contributed by atoms with Crippen molar-refractivity contribution in [3.63, 3.8) is 0 Å². The van der Waals surface area contributed by atoms with Crippen LogP contribution in [0.5, 0.6) is 0 Å². The molecule has 4 nitrogen and oxygen atoms in total. The fraction of sp³-hybridized carbons (Fsp3) is 0.222. The first-order valence-electron chi connectivity index (χ1n) is 3.30. The molecule has 0 saturated heterocycles. The number of hydrogen-bond donors (Lipinski definition) is 0. The first-order valence-corrected chi connectivity index (χ1v) is 3.30. The Balaban J connectivity index is -0.000000143. The van der Waals surface area contributed by atoms with Gasteiger partial charge in [0.1, 0.15) is 0 Å². The van der Waals surface area contributed by atoms with Crippen molar-refractivity contribution in [1.82, 2.24) is 0 Å². The molecule has 0 heterocycles. The molecular formula is C9H16O4. The van der Waals surface area contributed by atoms with E-state index in [2.05, 4.69) is 22.6 Å². The summed E-state index contributed by atoms with van der Waals surface area (Å²) in [7, 11) is 1.31. The van der Waals surface area contributed by atoms with Gasteiger partial charge in [-0.1, -0.05) is 19.2 Å². The quantitative estimate of drug-likeness (QED) is 0.379. The van der Waals surface area contributed by atoms with Gasteiger partial charge in [-0.05, 0) is 6.92 Å². The summed E-state index contributed by atoms with van der Waals surface area (Å²) in [5.41, 5.74) is 0. The number of allylic oxidation sites excluding steroid dienone is 1. The molecular weight excluding hydrogens is 172 g/mol. The Kier molecular flexibility index (Phi) is 22.6. The number of methoxy groups -OCH3 is 1. The summed E-state index contributed by atoms with van der Waals surface area (Å²) >= 11 is 0. The summed E-state index contributed by atoms with van der Waals surface area (Å²) in [6.45, 7) is 8.36. The van der Waals surface area contributed by atoms with E-state index in [4.69, 9.17) is 0 Å². The summed E-state index contributed by atoms with van der Waals surface area (Å²) in [6.07, 6.45) is 5.84. The van der Waals surface area contributed by atoms with Gasteiger partial charge in [-0.3, -0.25) is 0 Å². The van der Waals surface area contributed by atoms with E-state index in [1.807, 2.05) is 6.92 Å². The van der Waals surface area contributed by atoms with E-state index in [-0.39, 0.29) is 5.48 Å². The van der Waals surface area contributed by atoms with Crippen LogP contribution in [0.1, 0.15) is 6.92 Å². The molecule has 0 amide bonds. The highest BCUT2D eigenvalue weighted by atomic mass is 16.5. The number of ether oxygens (including phenoxy) is 2. The fourth-order valence-electron chi connectivity index (χ4n) is 0.217. The largest absolute Gasteiger partial charge is 0.474 e. The van der Waals surface area contributed by atoms with Crippen LogP contribution >= 0.6 is 0 Å². The Morgan fingerprint density at radius 3 is 2.00 bits per heavy atom. The molecule has 0 unspecified atom stereocenters. The van der Waals surface area contributed by atoms with Crippen LogP contribution in [0.3, 0.4) is 0 Å². The average molecular weight is 188 g/mol. The van der Waals surface area contributed by atoms with E-state index in [9.17, 15) is 4.79 Å². The van der Waals surface area contributed by atoms with Crippen LogP contribution in [0.25, 0.3) is 0 Å². The zero-order valence-electron chi connectivity index (χ0n) is 7.95. The molecule has 0 bridgehead atoms. The van der Waals surface area contributed by atoms with Crippen LogP contribution in [0.15, 0.2) is 37.8 Å². The number of hydrogen-bond acceptors (Lipinski definition) is 3. The molecule has 0 radical (unpaired) electrons. The maximum absolute atomic E-state index is 9.84. The van der Waals surface area contributed by atoms with Crippen LogP contribution in [-0.2, 0) is 14.3 Å². The fourth-order valence-corrected chi connectivity index (χ4v) is 0.217. The lowest BCUT2D eigenvalue weighted by molar-refractivity contribution is -0.134. The Labute approximate surface area is 78.5 Å². The van der Waals surface area contributed by atoms with Crippen molar-refractivity contribution in [1.29, 1.82) is 0 Å². The highest BCUT2D eigenvalue weighted by molar-refractivity contribution is 5.80. The minimum absolute atomic E-state index is 0. The highest BCUT2D eigenvalue weighted by Crippen LogP contribution is 1.72. The Morgan fingerprint density at radius 2 is 1.92 bits per heavy atom. The van der Waals surface area contributed by atoms with Gasteiger partial charge in [-0.25, -0.2) is 4.79 Å². The number of carbonyl (C=O) groups is 1. The molecule has 4 heteroatoms. The van der Waals surface area contributed by atoms with E-state index in [1.54, 1.807) is 12.3 Å². The van der Waals surface area contributed by atoms with Gasteiger partial charge in [0.05, 0.1) is 19.6 Å². The summed E-state index contributed by atoms with van der Waals surface area (Å²) in [4.78, 5) is 9.84. The first kappa shape index (κ1) is 17.5. The van der Waals surface area contributed by atoms with E-state index in [0.717, 1.165) is 6.08 Å². The van der Waals surface area contributed by atoms with Gasteiger partial charge in [-0.15, -0.1) is 0 Å². The molecule has 0 aliphatic carbocycles. The van der Waals surface area contributed by atoms with Crippen molar-refractivity contribution in [2.24, 2.45) is 0 Å². The lowest BCUT2D eigenvalue weighted by Crippen LogP contribution is -1.91. The monoisotopic (exact) mass is 188 g/mol. The van der Waals surface area contributed by atoms with Crippen LogP contribution in [0, 0.1) is 0 Å². The smallest absolute Gasteiger partial charge is 0.329 e. The van der Waals surface area contributed by atoms with Crippen LogP contribution in [-0.4, -0.2) is 18.6 Å². The van der Waals surface area contributed by atoms with E-state index < -0.39 is 5.97 Å². The number of carbonyl (C=O) groups excluding carboxylic acids is 1. The van der Waals surface area contributed by atoms with Crippen molar-refractivity contribution in [3.05, 3.63) is 37.8 Å². The summed E-state index contributed by atoms with van der Waals surface area (Å²) in [5.74, 6) is -0.394. The van der Waals surface area contributed by atoms with Crippen molar-refractivity contribution in [2.45, 2.75) is 6.92 Å². The van der Waals surface area contributed by atoms with Crippen molar-refractivity contribution in [3.8, 4) is 0 Å². The Bertz CT molecular complexity index is 161. The van der Waals surface area contributed by atoms with E-state index in [1.165, 1.54) is 13.4 Å². The molecule has 0 aliphatic heterocycles. The van der Waals surface area contributed by atoms with Crippen molar-refractivity contribution < 1.29 is 19.7 Å². The summed E-state index contributed by atoms with van der Waals surface area (Å²) in [6, 6.07) is 0. The molecule has 0 fully saturated rings. The molecule has 0 rings (SSSR count). The average Bonchev–Trinajstić information content (AvgIpc) is 2.14. The zero-order chi connectivity index (χ0) is 9.82. The molecule has 0 aromatic rings. The van der Waals surface area contributed by atoms with Gasteiger partial charge >= 0.3 is 5.97 Å². The molecule has 0 saturated carbocycles. The lowest BCUT2D eigenvalue weighted by atomic mass is 10.7. The summed E-state index contributed by atoms with van der Waals surface area (Å²) in [5, 5.41) is 0. The van der Waals surface area contributed by atoms with Gasteiger partial charge in [0.15, 0.2) is 0 Å². The normalized spacial score (nSPS) is 7.23. The maximum atomic E-state index is 9.84. The molecule has 2 N–H and O–H groups in total. The minimum Gasteiger partial charge on any atom is -0.474 e. The minimum atomic E-state index is -0.394.